The summed E-state index contributed by atoms with van der Waals surface area (Å²) in [6.07, 6.45) is 5.30. The minimum Gasteiger partial charge on any atom is -0.496 e. The van der Waals surface area contributed by atoms with E-state index in [1.807, 2.05) is 30.0 Å². The van der Waals surface area contributed by atoms with Gasteiger partial charge >= 0.3 is 0 Å². The lowest BCUT2D eigenvalue weighted by Gasteiger charge is -2.26. The van der Waals surface area contributed by atoms with Gasteiger partial charge in [0.1, 0.15) is 5.75 Å². The Labute approximate surface area is 130 Å². The van der Waals surface area contributed by atoms with E-state index in [9.17, 15) is 0 Å². The summed E-state index contributed by atoms with van der Waals surface area (Å²) in [5, 5.41) is 12.6. The van der Waals surface area contributed by atoms with Gasteiger partial charge in [0, 0.05) is 22.1 Å². The van der Waals surface area contributed by atoms with Gasteiger partial charge in [-0.2, -0.15) is 11.8 Å². The van der Waals surface area contributed by atoms with E-state index in [1.54, 1.807) is 7.11 Å². The number of amidine groups is 1. The number of benzene rings is 1. The minimum atomic E-state index is 0.134. The third kappa shape index (κ3) is 4.30. The molecule has 0 amide bonds. The van der Waals surface area contributed by atoms with Crippen LogP contribution in [0.4, 0.5) is 0 Å². The van der Waals surface area contributed by atoms with Crippen LogP contribution in [0.3, 0.4) is 0 Å². The number of rotatable bonds is 5. The standard InChI is InChI=1S/C16H24N2O2S/c1-11-4-3-5-14(8-11)21-10-13-9-12(16(17)18-19)6-7-15(13)20-2/h6-7,9,11,14,19H,3-5,8,10H2,1-2H3,(H2,17,18). The third-order valence-corrected chi connectivity index (χ3v) is 5.42. The smallest absolute Gasteiger partial charge is 0.170 e. The zero-order chi connectivity index (χ0) is 15.2. The van der Waals surface area contributed by atoms with Gasteiger partial charge in [-0.05, 0) is 37.0 Å². The van der Waals surface area contributed by atoms with Crippen molar-refractivity contribution >= 4 is 17.6 Å². The van der Waals surface area contributed by atoms with Crippen molar-refractivity contribution in [2.45, 2.75) is 43.6 Å². The first-order chi connectivity index (χ1) is 10.1. The fraction of sp³-hybridized carbons (Fsp3) is 0.562. The van der Waals surface area contributed by atoms with Crippen molar-refractivity contribution in [2.24, 2.45) is 16.8 Å². The van der Waals surface area contributed by atoms with E-state index in [0.717, 1.165) is 33.8 Å². The summed E-state index contributed by atoms with van der Waals surface area (Å²) in [6.45, 7) is 2.34. The van der Waals surface area contributed by atoms with Crippen LogP contribution in [0.2, 0.25) is 0 Å². The van der Waals surface area contributed by atoms with Gasteiger partial charge in [0.25, 0.3) is 0 Å². The average molecular weight is 308 g/mol. The first kappa shape index (κ1) is 16.0. The SMILES string of the molecule is COc1ccc(/C(N)=N/O)cc1CSC1CCCC(C)C1. The second-order valence-corrected chi connectivity index (χ2v) is 7.01. The molecule has 1 aromatic rings. The lowest BCUT2D eigenvalue weighted by Crippen LogP contribution is -2.15. The minimum absolute atomic E-state index is 0.134. The second kappa shape index (κ2) is 7.59. The molecule has 4 nitrogen and oxygen atoms in total. The Kier molecular flexibility index (Phi) is 5.79. The molecule has 1 fully saturated rings. The first-order valence-electron chi connectivity index (χ1n) is 7.40. The summed E-state index contributed by atoms with van der Waals surface area (Å²) in [6, 6.07) is 5.64. The Morgan fingerprint density at radius 1 is 1.48 bits per heavy atom. The van der Waals surface area contributed by atoms with Crippen molar-refractivity contribution in [3.05, 3.63) is 29.3 Å². The van der Waals surface area contributed by atoms with E-state index in [-0.39, 0.29) is 5.84 Å². The van der Waals surface area contributed by atoms with Gasteiger partial charge in [-0.3, -0.25) is 0 Å². The Morgan fingerprint density at radius 2 is 2.29 bits per heavy atom. The summed E-state index contributed by atoms with van der Waals surface area (Å²) in [7, 11) is 1.68. The van der Waals surface area contributed by atoms with E-state index < -0.39 is 0 Å². The summed E-state index contributed by atoms with van der Waals surface area (Å²) in [5.41, 5.74) is 7.49. The molecule has 5 heteroatoms. The molecular weight excluding hydrogens is 284 g/mol. The van der Waals surface area contributed by atoms with Crippen molar-refractivity contribution < 1.29 is 9.94 Å². The van der Waals surface area contributed by atoms with Gasteiger partial charge in [0.05, 0.1) is 7.11 Å². The number of oxime groups is 1. The molecule has 0 radical (unpaired) electrons. The molecule has 1 aromatic carbocycles. The molecule has 2 rings (SSSR count). The van der Waals surface area contributed by atoms with E-state index in [1.165, 1.54) is 25.7 Å². The maximum Gasteiger partial charge on any atom is 0.170 e. The van der Waals surface area contributed by atoms with E-state index in [0.29, 0.717) is 0 Å². The van der Waals surface area contributed by atoms with Crippen LogP contribution in [0.25, 0.3) is 0 Å². The Bertz CT molecular complexity index is 505. The maximum atomic E-state index is 8.80. The van der Waals surface area contributed by atoms with Crippen LogP contribution in [-0.2, 0) is 5.75 Å². The van der Waals surface area contributed by atoms with Gasteiger partial charge in [0.15, 0.2) is 5.84 Å². The molecule has 1 saturated carbocycles. The molecule has 2 unspecified atom stereocenters. The Balaban J connectivity index is 2.06. The molecule has 116 valence electrons. The summed E-state index contributed by atoms with van der Waals surface area (Å²) in [5.74, 6) is 2.73. The normalized spacial score (nSPS) is 23.0. The van der Waals surface area contributed by atoms with Gasteiger partial charge in [-0.15, -0.1) is 0 Å². The van der Waals surface area contributed by atoms with Crippen molar-refractivity contribution in [3.8, 4) is 5.75 Å². The topological polar surface area (TPSA) is 67.8 Å². The fourth-order valence-corrected chi connectivity index (χ4v) is 4.28. The molecule has 0 bridgehead atoms. The molecule has 0 saturated heterocycles. The molecule has 2 atom stereocenters. The maximum absolute atomic E-state index is 8.80. The predicted molar refractivity (Wildman–Crippen MR) is 88.2 cm³/mol. The number of methoxy groups -OCH3 is 1. The molecule has 0 aliphatic heterocycles. The van der Waals surface area contributed by atoms with Crippen LogP contribution < -0.4 is 10.5 Å². The summed E-state index contributed by atoms with van der Waals surface area (Å²) < 4.78 is 5.42. The highest BCUT2D eigenvalue weighted by atomic mass is 32.2. The lowest BCUT2D eigenvalue weighted by atomic mass is 9.91. The monoisotopic (exact) mass is 308 g/mol. The molecule has 1 aliphatic rings. The molecule has 0 heterocycles. The largest absolute Gasteiger partial charge is 0.496 e. The quantitative estimate of drug-likeness (QED) is 0.377. The molecular formula is C16H24N2O2S. The van der Waals surface area contributed by atoms with Crippen LogP contribution >= 0.6 is 11.8 Å². The van der Waals surface area contributed by atoms with E-state index in [4.69, 9.17) is 15.7 Å². The average Bonchev–Trinajstić information content (AvgIpc) is 2.52. The van der Waals surface area contributed by atoms with E-state index >= 15 is 0 Å². The number of hydrogen-bond acceptors (Lipinski definition) is 4. The highest BCUT2D eigenvalue weighted by molar-refractivity contribution is 7.99. The van der Waals surface area contributed by atoms with Crippen LogP contribution in [0, 0.1) is 5.92 Å². The Morgan fingerprint density at radius 3 is 2.95 bits per heavy atom. The van der Waals surface area contributed by atoms with Crippen LogP contribution in [0.1, 0.15) is 43.7 Å². The molecule has 0 aromatic heterocycles. The van der Waals surface area contributed by atoms with Gasteiger partial charge in [-0.25, -0.2) is 0 Å². The highest BCUT2D eigenvalue weighted by Gasteiger charge is 2.19. The fourth-order valence-electron chi connectivity index (χ4n) is 2.85. The lowest BCUT2D eigenvalue weighted by molar-refractivity contribution is 0.318. The van der Waals surface area contributed by atoms with Gasteiger partial charge in [0.2, 0.25) is 0 Å². The van der Waals surface area contributed by atoms with Crippen molar-refractivity contribution in [3.63, 3.8) is 0 Å². The molecule has 3 N–H and O–H groups in total. The Hall–Kier alpha value is -1.36. The number of hydrogen-bond donors (Lipinski definition) is 2. The molecule has 0 spiro atoms. The number of thioether (sulfide) groups is 1. The third-order valence-electron chi connectivity index (χ3n) is 4.05. The molecule has 1 aliphatic carbocycles. The zero-order valence-corrected chi connectivity index (χ0v) is 13.5. The van der Waals surface area contributed by atoms with Crippen molar-refractivity contribution in [2.75, 3.05) is 7.11 Å². The summed E-state index contributed by atoms with van der Waals surface area (Å²) >= 11 is 1.99. The zero-order valence-electron chi connectivity index (χ0n) is 12.7. The first-order valence-corrected chi connectivity index (χ1v) is 8.45. The van der Waals surface area contributed by atoms with E-state index in [2.05, 4.69) is 12.1 Å². The van der Waals surface area contributed by atoms with Gasteiger partial charge < -0.3 is 15.7 Å². The van der Waals surface area contributed by atoms with Crippen LogP contribution in [0.5, 0.6) is 5.75 Å². The second-order valence-electron chi connectivity index (χ2n) is 5.72. The number of nitrogens with zero attached hydrogens (tertiary/aromatic N) is 1. The van der Waals surface area contributed by atoms with Crippen molar-refractivity contribution in [1.82, 2.24) is 0 Å². The van der Waals surface area contributed by atoms with Crippen molar-refractivity contribution in [1.29, 1.82) is 0 Å². The summed E-state index contributed by atoms with van der Waals surface area (Å²) in [4.78, 5) is 0. The highest BCUT2D eigenvalue weighted by Crippen LogP contribution is 2.35. The number of nitrogens with two attached hydrogens (primary N) is 1. The number of ether oxygens (including phenoxy) is 1. The predicted octanol–water partition coefficient (Wildman–Crippen LogP) is 3.60. The van der Waals surface area contributed by atoms with Gasteiger partial charge in [-0.1, -0.05) is 24.9 Å². The molecule has 21 heavy (non-hydrogen) atoms. The van der Waals surface area contributed by atoms with Crippen LogP contribution in [0.15, 0.2) is 23.4 Å². The van der Waals surface area contributed by atoms with Crippen LogP contribution in [-0.4, -0.2) is 23.4 Å².